The van der Waals surface area contributed by atoms with E-state index in [0.717, 1.165) is 45.4 Å². The predicted molar refractivity (Wildman–Crippen MR) is 78.1 cm³/mol. The summed E-state index contributed by atoms with van der Waals surface area (Å²) in [6, 6.07) is 0.428. The van der Waals surface area contributed by atoms with E-state index in [0.29, 0.717) is 11.9 Å². The highest BCUT2D eigenvalue weighted by Gasteiger charge is 2.45. The van der Waals surface area contributed by atoms with Crippen molar-refractivity contribution in [2.75, 3.05) is 40.3 Å². The third-order valence-electron chi connectivity index (χ3n) is 4.64. The van der Waals surface area contributed by atoms with Crippen LogP contribution in [0.1, 0.15) is 39.0 Å². The minimum absolute atomic E-state index is 0.107. The van der Waals surface area contributed by atoms with Gasteiger partial charge in [-0.1, -0.05) is 13.3 Å². The monoisotopic (exact) mass is 267 g/mol. The van der Waals surface area contributed by atoms with Crippen molar-refractivity contribution in [1.29, 1.82) is 0 Å². The lowest BCUT2D eigenvalue weighted by molar-refractivity contribution is -0.142. The summed E-state index contributed by atoms with van der Waals surface area (Å²) in [5.41, 5.74) is -0.107. The summed E-state index contributed by atoms with van der Waals surface area (Å²) >= 11 is 0. The largest absolute Gasteiger partial charge is 0.338 e. The number of rotatable bonds is 5. The predicted octanol–water partition coefficient (Wildman–Crippen LogP) is 1.32. The molecule has 2 heterocycles. The van der Waals surface area contributed by atoms with Crippen LogP contribution in [0.25, 0.3) is 0 Å². The molecule has 0 aromatic rings. The van der Waals surface area contributed by atoms with Crippen molar-refractivity contribution in [2.45, 2.75) is 45.1 Å². The minimum atomic E-state index is -0.107. The maximum atomic E-state index is 13.0. The van der Waals surface area contributed by atoms with Crippen molar-refractivity contribution < 1.29 is 4.79 Å². The first-order valence-electron chi connectivity index (χ1n) is 7.75. The highest BCUT2D eigenvalue weighted by Crippen LogP contribution is 2.35. The van der Waals surface area contributed by atoms with Crippen LogP contribution in [0.3, 0.4) is 0 Å². The number of carbonyl (C=O) groups excluding carboxylic acids is 1. The third kappa shape index (κ3) is 3.11. The molecule has 2 atom stereocenters. The van der Waals surface area contributed by atoms with Gasteiger partial charge >= 0.3 is 0 Å². The first-order chi connectivity index (χ1) is 9.09. The van der Waals surface area contributed by atoms with Crippen molar-refractivity contribution in [1.82, 2.24) is 15.1 Å². The zero-order valence-electron chi connectivity index (χ0n) is 12.7. The average Bonchev–Trinajstić information content (AvgIpc) is 2.98. The number of carbonyl (C=O) groups is 1. The van der Waals surface area contributed by atoms with E-state index in [1.807, 2.05) is 0 Å². The SMILES string of the molecule is CCCC1(C(=O)N2CCCC2CN(C)C)CCNC1. The van der Waals surface area contributed by atoms with Crippen LogP contribution in [0.2, 0.25) is 0 Å². The maximum absolute atomic E-state index is 13.0. The van der Waals surface area contributed by atoms with Gasteiger partial charge in [-0.3, -0.25) is 4.79 Å². The number of nitrogens with zero attached hydrogens (tertiary/aromatic N) is 2. The van der Waals surface area contributed by atoms with Crippen LogP contribution in [-0.4, -0.2) is 62.0 Å². The van der Waals surface area contributed by atoms with Gasteiger partial charge < -0.3 is 15.1 Å². The molecule has 0 radical (unpaired) electrons. The van der Waals surface area contributed by atoms with Crippen LogP contribution in [0.4, 0.5) is 0 Å². The van der Waals surface area contributed by atoms with Gasteiger partial charge in [0.2, 0.25) is 5.91 Å². The molecular weight excluding hydrogens is 238 g/mol. The topological polar surface area (TPSA) is 35.6 Å². The Balaban J connectivity index is 2.08. The minimum Gasteiger partial charge on any atom is -0.338 e. The van der Waals surface area contributed by atoms with Gasteiger partial charge in [0.25, 0.3) is 0 Å². The van der Waals surface area contributed by atoms with Gasteiger partial charge in [0.1, 0.15) is 0 Å². The van der Waals surface area contributed by atoms with E-state index in [-0.39, 0.29) is 5.41 Å². The van der Waals surface area contributed by atoms with E-state index in [1.165, 1.54) is 12.8 Å². The molecule has 0 saturated carbocycles. The molecule has 0 aromatic heterocycles. The molecule has 0 aromatic carbocycles. The second-order valence-corrected chi connectivity index (χ2v) is 6.51. The fourth-order valence-electron chi connectivity index (χ4n) is 3.74. The number of hydrogen-bond donors (Lipinski definition) is 1. The van der Waals surface area contributed by atoms with Crippen LogP contribution in [0.5, 0.6) is 0 Å². The van der Waals surface area contributed by atoms with E-state index >= 15 is 0 Å². The first-order valence-corrected chi connectivity index (χ1v) is 7.75. The summed E-state index contributed by atoms with van der Waals surface area (Å²) < 4.78 is 0. The van der Waals surface area contributed by atoms with Crippen molar-refractivity contribution in [2.24, 2.45) is 5.41 Å². The standard InChI is InChI=1S/C15H29N3O/c1-4-7-15(8-9-16-12-15)14(19)18-10-5-6-13(18)11-17(2)3/h13,16H,4-12H2,1-3H3. The molecule has 19 heavy (non-hydrogen) atoms. The molecule has 4 nitrogen and oxygen atoms in total. The molecule has 1 N–H and O–H groups in total. The Labute approximate surface area is 117 Å². The molecule has 0 bridgehead atoms. The smallest absolute Gasteiger partial charge is 0.230 e. The molecule has 2 aliphatic rings. The maximum Gasteiger partial charge on any atom is 0.230 e. The van der Waals surface area contributed by atoms with Crippen LogP contribution in [-0.2, 0) is 4.79 Å². The van der Waals surface area contributed by atoms with E-state index in [9.17, 15) is 4.79 Å². The van der Waals surface area contributed by atoms with E-state index in [1.54, 1.807) is 0 Å². The third-order valence-corrected chi connectivity index (χ3v) is 4.64. The van der Waals surface area contributed by atoms with Gasteiger partial charge in [-0.2, -0.15) is 0 Å². The summed E-state index contributed by atoms with van der Waals surface area (Å²) in [5.74, 6) is 0.420. The molecule has 4 heteroatoms. The molecule has 2 fully saturated rings. The molecule has 0 spiro atoms. The van der Waals surface area contributed by atoms with Crippen LogP contribution < -0.4 is 5.32 Å². The normalized spacial score (nSPS) is 31.4. The van der Waals surface area contributed by atoms with Gasteiger partial charge in [-0.05, 0) is 46.3 Å². The Morgan fingerprint density at radius 3 is 2.84 bits per heavy atom. The van der Waals surface area contributed by atoms with E-state index in [2.05, 4.69) is 36.1 Å². The number of likely N-dealkylation sites (tertiary alicyclic amines) is 1. The van der Waals surface area contributed by atoms with E-state index in [4.69, 9.17) is 0 Å². The molecular formula is C15H29N3O. The lowest BCUT2D eigenvalue weighted by atomic mass is 9.81. The Hall–Kier alpha value is -0.610. The number of nitrogens with one attached hydrogen (secondary N) is 1. The van der Waals surface area contributed by atoms with Gasteiger partial charge in [-0.15, -0.1) is 0 Å². The zero-order chi connectivity index (χ0) is 13.9. The van der Waals surface area contributed by atoms with Crippen LogP contribution in [0, 0.1) is 5.41 Å². The average molecular weight is 267 g/mol. The number of likely N-dealkylation sites (N-methyl/N-ethyl adjacent to an activating group) is 1. The fraction of sp³-hybridized carbons (Fsp3) is 0.933. The highest BCUT2D eigenvalue weighted by atomic mass is 16.2. The quantitative estimate of drug-likeness (QED) is 0.816. The Bertz CT molecular complexity index is 311. The summed E-state index contributed by atoms with van der Waals surface area (Å²) in [6.07, 6.45) is 5.48. The van der Waals surface area contributed by atoms with E-state index < -0.39 is 0 Å². The molecule has 1 amide bonds. The Kier molecular flexibility index (Phi) is 4.85. The Morgan fingerprint density at radius 1 is 1.47 bits per heavy atom. The van der Waals surface area contributed by atoms with Crippen LogP contribution >= 0.6 is 0 Å². The summed E-state index contributed by atoms with van der Waals surface area (Å²) in [5, 5.41) is 3.40. The molecule has 2 rings (SSSR count). The summed E-state index contributed by atoms with van der Waals surface area (Å²) in [6.45, 7) is 6.03. The molecule has 2 saturated heterocycles. The zero-order valence-corrected chi connectivity index (χ0v) is 12.7. The molecule has 2 aliphatic heterocycles. The van der Waals surface area contributed by atoms with Crippen molar-refractivity contribution >= 4 is 5.91 Å². The lowest BCUT2D eigenvalue weighted by Gasteiger charge is -2.35. The van der Waals surface area contributed by atoms with Crippen molar-refractivity contribution in [3.63, 3.8) is 0 Å². The summed E-state index contributed by atoms with van der Waals surface area (Å²) in [7, 11) is 4.19. The fourth-order valence-corrected chi connectivity index (χ4v) is 3.74. The highest BCUT2D eigenvalue weighted by molar-refractivity contribution is 5.84. The number of amides is 1. The second-order valence-electron chi connectivity index (χ2n) is 6.51. The van der Waals surface area contributed by atoms with Crippen LogP contribution in [0.15, 0.2) is 0 Å². The summed E-state index contributed by atoms with van der Waals surface area (Å²) in [4.78, 5) is 17.4. The first kappa shape index (κ1) is 14.8. The lowest BCUT2D eigenvalue weighted by Crippen LogP contribution is -2.49. The molecule has 2 unspecified atom stereocenters. The Morgan fingerprint density at radius 2 is 2.26 bits per heavy atom. The van der Waals surface area contributed by atoms with Crippen molar-refractivity contribution in [3.05, 3.63) is 0 Å². The molecule has 0 aliphatic carbocycles. The van der Waals surface area contributed by atoms with Gasteiger partial charge in [0.15, 0.2) is 0 Å². The van der Waals surface area contributed by atoms with Gasteiger partial charge in [-0.25, -0.2) is 0 Å². The van der Waals surface area contributed by atoms with Gasteiger partial charge in [0.05, 0.1) is 5.41 Å². The second kappa shape index (κ2) is 6.23. The molecule has 110 valence electrons. The van der Waals surface area contributed by atoms with Crippen molar-refractivity contribution in [3.8, 4) is 0 Å². The van der Waals surface area contributed by atoms with Gasteiger partial charge in [0, 0.05) is 25.7 Å². The number of hydrogen-bond acceptors (Lipinski definition) is 3.